The zero-order valence-corrected chi connectivity index (χ0v) is 16.6. The van der Waals surface area contributed by atoms with Gasteiger partial charge in [0.1, 0.15) is 0 Å². The molecule has 0 aliphatic rings. The van der Waals surface area contributed by atoms with E-state index in [1.807, 2.05) is 0 Å². The molecule has 130 valence electrons. The summed E-state index contributed by atoms with van der Waals surface area (Å²) in [5.41, 5.74) is 3.17. The molecule has 0 aromatic rings. The van der Waals surface area contributed by atoms with Gasteiger partial charge >= 0.3 is 0 Å². The fourth-order valence-corrected chi connectivity index (χ4v) is 3.18. The maximum atomic E-state index is 4.42. The molecule has 0 nitrogen and oxygen atoms in total. The topological polar surface area (TPSA) is 0 Å². The standard InChI is InChI=1S/C22H42/c1-10-20(11-2)13-12-19(6)21(17(3)4)16-18(5)14-15-22(7,8)9/h18,20-21H,3,6,10-16H2,1-2,4-5,7-9H3. The molecule has 0 rings (SSSR count). The number of allylic oxidation sites excluding steroid dienone is 2. The molecule has 0 amide bonds. The second-order valence-electron chi connectivity index (χ2n) is 8.72. The fourth-order valence-electron chi connectivity index (χ4n) is 3.18. The van der Waals surface area contributed by atoms with Crippen molar-refractivity contribution in [3.63, 3.8) is 0 Å². The molecule has 0 bridgehead atoms. The van der Waals surface area contributed by atoms with Crippen molar-refractivity contribution in [2.75, 3.05) is 0 Å². The first-order valence-electron chi connectivity index (χ1n) is 9.43. The van der Waals surface area contributed by atoms with Crippen molar-refractivity contribution < 1.29 is 0 Å². The Hall–Kier alpha value is -0.520. The highest BCUT2D eigenvalue weighted by molar-refractivity contribution is 5.15. The third-order valence-electron chi connectivity index (χ3n) is 5.14. The molecule has 0 aromatic heterocycles. The van der Waals surface area contributed by atoms with Crippen LogP contribution in [0, 0.1) is 23.2 Å². The second kappa shape index (κ2) is 10.3. The molecular weight excluding hydrogens is 264 g/mol. The molecule has 0 heteroatoms. The Balaban J connectivity index is 4.46. The van der Waals surface area contributed by atoms with Crippen molar-refractivity contribution in [2.24, 2.45) is 23.2 Å². The number of hydrogen-bond acceptors (Lipinski definition) is 0. The predicted octanol–water partition coefficient (Wildman–Crippen LogP) is 7.80. The van der Waals surface area contributed by atoms with E-state index in [9.17, 15) is 0 Å². The molecule has 0 fully saturated rings. The van der Waals surface area contributed by atoms with Crippen LogP contribution in [-0.2, 0) is 0 Å². The van der Waals surface area contributed by atoms with Crippen LogP contribution in [0.25, 0.3) is 0 Å². The van der Waals surface area contributed by atoms with Gasteiger partial charge in [0.05, 0.1) is 0 Å². The van der Waals surface area contributed by atoms with E-state index in [2.05, 4.69) is 61.6 Å². The maximum absolute atomic E-state index is 4.42. The van der Waals surface area contributed by atoms with Gasteiger partial charge in [-0.2, -0.15) is 0 Å². The Morgan fingerprint density at radius 2 is 1.55 bits per heavy atom. The summed E-state index contributed by atoms with van der Waals surface area (Å²) < 4.78 is 0. The molecular formula is C22H42. The van der Waals surface area contributed by atoms with Gasteiger partial charge in [0.25, 0.3) is 0 Å². The lowest BCUT2D eigenvalue weighted by atomic mass is 9.79. The zero-order chi connectivity index (χ0) is 17.3. The van der Waals surface area contributed by atoms with Crippen LogP contribution in [0.4, 0.5) is 0 Å². The van der Waals surface area contributed by atoms with Crippen LogP contribution in [0.15, 0.2) is 24.3 Å². The summed E-state index contributed by atoms with van der Waals surface area (Å²) in [6.45, 7) is 24.9. The van der Waals surface area contributed by atoms with Gasteiger partial charge in [0.2, 0.25) is 0 Å². The zero-order valence-electron chi connectivity index (χ0n) is 16.6. The summed E-state index contributed by atoms with van der Waals surface area (Å²) in [5, 5.41) is 0. The Bertz CT molecular complexity index is 324. The minimum Gasteiger partial charge on any atom is -0.0995 e. The monoisotopic (exact) mass is 306 g/mol. The van der Waals surface area contributed by atoms with E-state index >= 15 is 0 Å². The van der Waals surface area contributed by atoms with Crippen LogP contribution in [-0.4, -0.2) is 0 Å². The first-order chi connectivity index (χ1) is 10.1. The average molecular weight is 307 g/mol. The second-order valence-corrected chi connectivity index (χ2v) is 8.72. The minimum atomic E-state index is 0.444. The van der Waals surface area contributed by atoms with Gasteiger partial charge in [0, 0.05) is 5.92 Å². The van der Waals surface area contributed by atoms with Crippen molar-refractivity contribution in [1.82, 2.24) is 0 Å². The van der Waals surface area contributed by atoms with Gasteiger partial charge in [-0.25, -0.2) is 0 Å². The highest BCUT2D eigenvalue weighted by atomic mass is 14.2. The number of rotatable bonds is 11. The van der Waals surface area contributed by atoms with Gasteiger partial charge in [-0.05, 0) is 49.9 Å². The number of hydrogen-bond donors (Lipinski definition) is 0. The van der Waals surface area contributed by atoms with E-state index in [-0.39, 0.29) is 0 Å². The first kappa shape index (κ1) is 21.5. The highest BCUT2D eigenvalue weighted by Gasteiger charge is 2.19. The Labute approximate surface area is 141 Å². The molecule has 0 radical (unpaired) electrons. The highest BCUT2D eigenvalue weighted by Crippen LogP contribution is 2.33. The fraction of sp³-hybridized carbons (Fsp3) is 0.818. The van der Waals surface area contributed by atoms with Crippen LogP contribution in [0.5, 0.6) is 0 Å². The normalized spacial score (nSPS) is 14.9. The molecule has 22 heavy (non-hydrogen) atoms. The van der Waals surface area contributed by atoms with Gasteiger partial charge in [-0.3, -0.25) is 0 Å². The van der Waals surface area contributed by atoms with E-state index in [0.29, 0.717) is 11.3 Å². The summed E-state index contributed by atoms with van der Waals surface area (Å²) in [5.74, 6) is 2.14. The van der Waals surface area contributed by atoms with Crippen molar-refractivity contribution in [3.8, 4) is 0 Å². The first-order valence-corrected chi connectivity index (χ1v) is 9.43. The van der Waals surface area contributed by atoms with Crippen LogP contribution in [0.1, 0.15) is 93.4 Å². The largest absolute Gasteiger partial charge is 0.0995 e. The van der Waals surface area contributed by atoms with Crippen molar-refractivity contribution >= 4 is 0 Å². The van der Waals surface area contributed by atoms with E-state index in [1.54, 1.807) is 0 Å². The van der Waals surface area contributed by atoms with Crippen LogP contribution < -0.4 is 0 Å². The molecule has 0 spiro atoms. The van der Waals surface area contributed by atoms with E-state index < -0.39 is 0 Å². The molecule has 2 unspecified atom stereocenters. The van der Waals surface area contributed by atoms with E-state index in [0.717, 1.165) is 11.8 Å². The molecule has 2 atom stereocenters. The Morgan fingerprint density at radius 3 is 1.95 bits per heavy atom. The maximum Gasteiger partial charge on any atom is 0.000131 e. The van der Waals surface area contributed by atoms with Gasteiger partial charge in [-0.1, -0.05) is 85.1 Å². The summed E-state index contributed by atoms with van der Waals surface area (Å²) in [7, 11) is 0. The molecule has 0 N–H and O–H groups in total. The van der Waals surface area contributed by atoms with Crippen molar-refractivity contribution in [1.29, 1.82) is 0 Å². The molecule has 0 saturated heterocycles. The Kier molecular flexibility index (Phi) is 10.0. The summed E-state index contributed by atoms with van der Waals surface area (Å²) in [6, 6.07) is 0. The lowest BCUT2D eigenvalue weighted by molar-refractivity contribution is 0.312. The van der Waals surface area contributed by atoms with E-state index in [1.165, 1.54) is 56.1 Å². The quantitative estimate of drug-likeness (QED) is 0.341. The van der Waals surface area contributed by atoms with Gasteiger partial charge < -0.3 is 0 Å². The predicted molar refractivity (Wildman–Crippen MR) is 103 cm³/mol. The molecule has 0 aliphatic carbocycles. The summed E-state index contributed by atoms with van der Waals surface area (Å²) in [4.78, 5) is 0. The van der Waals surface area contributed by atoms with Crippen LogP contribution >= 0.6 is 0 Å². The Morgan fingerprint density at radius 1 is 1.00 bits per heavy atom. The van der Waals surface area contributed by atoms with Crippen LogP contribution in [0.2, 0.25) is 0 Å². The smallest absolute Gasteiger partial charge is 0.000131 e. The van der Waals surface area contributed by atoms with Gasteiger partial charge in [-0.15, -0.1) is 0 Å². The van der Waals surface area contributed by atoms with Crippen molar-refractivity contribution in [2.45, 2.75) is 93.4 Å². The molecule has 0 saturated carbocycles. The van der Waals surface area contributed by atoms with E-state index in [4.69, 9.17) is 0 Å². The summed E-state index contributed by atoms with van der Waals surface area (Å²) >= 11 is 0. The third-order valence-corrected chi connectivity index (χ3v) is 5.14. The van der Waals surface area contributed by atoms with Crippen molar-refractivity contribution in [3.05, 3.63) is 24.3 Å². The van der Waals surface area contributed by atoms with Crippen LogP contribution in [0.3, 0.4) is 0 Å². The molecule has 0 heterocycles. The average Bonchev–Trinajstić information content (AvgIpc) is 2.42. The molecule has 0 aliphatic heterocycles. The molecule has 0 aromatic carbocycles. The lowest BCUT2D eigenvalue weighted by Gasteiger charge is -2.26. The van der Waals surface area contributed by atoms with Gasteiger partial charge in [0.15, 0.2) is 0 Å². The summed E-state index contributed by atoms with van der Waals surface area (Å²) in [6.07, 6.45) is 8.91. The SMILES string of the molecule is C=C(C)C(CC(C)CCC(C)(C)C)C(=C)CCC(CC)CC. The third kappa shape index (κ3) is 9.49. The lowest BCUT2D eigenvalue weighted by Crippen LogP contribution is -2.13. The minimum absolute atomic E-state index is 0.444.